The molecule has 4 aromatic rings. The standard InChI is InChI=1S/C25H28N8O2/c1-25(2,3)32-24(27-28-29-32)23(19-6-11-22-18(17-19)5-4-12-26-22)31-15-13-30(14-16-31)20-7-9-21(10-8-20)33(34)35/h4-12,17,23H,13-16H2,1-3H3. The first-order valence-electron chi connectivity index (χ1n) is 11.7. The number of pyridine rings is 1. The van der Waals surface area contributed by atoms with Crippen LogP contribution in [0.3, 0.4) is 0 Å². The first kappa shape index (κ1) is 22.9. The Labute approximate surface area is 203 Å². The van der Waals surface area contributed by atoms with Gasteiger partial charge < -0.3 is 4.90 Å². The third-order valence-electron chi connectivity index (χ3n) is 6.42. The molecule has 1 aliphatic rings. The first-order chi connectivity index (χ1) is 16.8. The van der Waals surface area contributed by atoms with Crippen LogP contribution in [0.5, 0.6) is 0 Å². The van der Waals surface area contributed by atoms with Crippen LogP contribution in [0.15, 0.2) is 60.8 Å². The zero-order valence-corrected chi connectivity index (χ0v) is 20.1. The second-order valence-corrected chi connectivity index (χ2v) is 9.77. The Hall–Kier alpha value is -3.92. The maximum absolute atomic E-state index is 11.0. The van der Waals surface area contributed by atoms with Gasteiger partial charge in [-0.05, 0) is 67.1 Å². The smallest absolute Gasteiger partial charge is 0.269 e. The molecule has 0 bridgehead atoms. The van der Waals surface area contributed by atoms with Gasteiger partial charge in [0, 0.05) is 55.6 Å². The molecule has 5 rings (SSSR count). The average Bonchev–Trinajstić information content (AvgIpc) is 3.35. The van der Waals surface area contributed by atoms with E-state index in [1.807, 2.05) is 22.9 Å². The molecule has 0 saturated carbocycles. The average molecular weight is 473 g/mol. The zero-order chi connectivity index (χ0) is 24.6. The number of rotatable bonds is 5. The summed E-state index contributed by atoms with van der Waals surface area (Å²) in [6.45, 7) is 9.47. The van der Waals surface area contributed by atoms with E-state index in [-0.39, 0.29) is 22.2 Å². The lowest BCUT2D eigenvalue weighted by atomic mass is 9.99. The van der Waals surface area contributed by atoms with Gasteiger partial charge in [0.1, 0.15) is 0 Å². The monoisotopic (exact) mass is 472 g/mol. The Balaban J connectivity index is 1.46. The van der Waals surface area contributed by atoms with E-state index in [1.165, 1.54) is 0 Å². The van der Waals surface area contributed by atoms with Gasteiger partial charge in [0.05, 0.1) is 22.0 Å². The fourth-order valence-electron chi connectivity index (χ4n) is 4.65. The van der Waals surface area contributed by atoms with Gasteiger partial charge in [0.25, 0.3) is 5.69 Å². The largest absolute Gasteiger partial charge is 0.369 e. The molecule has 2 aromatic heterocycles. The molecule has 1 fully saturated rings. The maximum Gasteiger partial charge on any atom is 0.269 e. The Morgan fingerprint density at radius 2 is 1.74 bits per heavy atom. The lowest BCUT2D eigenvalue weighted by Gasteiger charge is -2.40. The van der Waals surface area contributed by atoms with Crippen LogP contribution in [-0.4, -0.2) is 61.2 Å². The summed E-state index contributed by atoms with van der Waals surface area (Å²) in [6.07, 6.45) is 1.80. The molecule has 1 saturated heterocycles. The molecule has 10 nitrogen and oxygen atoms in total. The van der Waals surface area contributed by atoms with Crippen LogP contribution < -0.4 is 4.90 Å². The number of nitro benzene ring substituents is 1. The molecule has 35 heavy (non-hydrogen) atoms. The Kier molecular flexibility index (Phi) is 5.89. The van der Waals surface area contributed by atoms with E-state index in [2.05, 4.69) is 75.3 Å². The quantitative estimate of drug-likeness (QED) is 0.319. The molecule has 0 N–H and O–H groups in total. The molecule has 3 heterocycles. The van der Waals surface area contributed by atoms with Crippen LogP contribution in [0, 0.1) is 10.1 Å². The summed E-state index contributed by atoms with van der Waals surface area (Å²) in [7, 11) is 0. The number of nitro groups is 1. The van der Waals surface area contributed by atoms with E-state index in [4.69, 9.17) is 0 Å². The predicted molar refractivity (Wildman–Crippen MR) is 133 cm³/mol. The maximum atomic E-state index is 11.0. The number of nitrogens with zero attached hydrogens (tertiary/aromatic N) is 8. The van der Waals surface area contributed by atoms with Gasteiger partial charge in [-0.1, -0.05) is 12.1 Å². The Bertz CT molecular complexity index is 1340. The van der Waals surface area contributed by atoms with Crippen molar-refractivity contribution in [2.24, 2.45) is 0 Å². The van der Waals surface area contributed by atoms with Crippen molar-refractivity contribution < 1.29 is 4.92 Å². The molecule has 2 aromatic carbocycles. The molecule has 1 unspecified atom stereocenters. The highest BCUT2D eigenvalue weighted by molar-refractivity contribution is 5.79. The highest BCUT2D eigenvalue weighted by atomic mass is 16.6. The van der Waals surface area contributed by atoms with Crippen molar-refractivity contribution in [2.45, 2.75) is 32.4 Å². The fourth-order valence-corrected chi connectivity index (χ4v) is 4.65. The number of non-ortho nitro benzene ring substituents is 1. The minimum Gasteiger partial charge on any atom is -0.369 e. The van der Waals surface area contributed by atoms with Crippen LogP contribution in [0.2, 0.25) is 0 Å². The van der Waals surface area contributed by atoms with E-state index in [0.29, 0.717) is 0 Å². The van der Waals surface area contributed by atoms with Gasteiger partial charge in [-0.2, -0.15) is 0 Å². The Morgan fingerprint density at radius 1 is 1.00 bits per heavy atom. The topological polar surface area (TPSA) is 106 Å². The molecule has 0 amide bonds. The summed E-state index contributed by atoms with van der Waals surface area (Å²) in [5.41, 5.74) is 2.90. The summed E-state index contributed by atoms with van der Waals surface area (Å²) in [5, 5.41) is 24.9. The number of anilines is 1. The van der Waals surface area contributed by atoms with Gasteiger partial charge in [-0.25, -0.2) is 4.68 Å². The molecule has 10 heteroatoms. The molecule has 180 valence electrons. The molecular formula is C25H28N8O2. The summed E-state index contributed by atoms with van der Waals surface area (Å²) in [6, 6.07) is 17.0. The van der Waals surface area contributed by atoms with Gasteiger partial charge >= 0.3 is 0 Å². The van der Waals surface area contributed by atoms with Crippen molar-refractivity contribution >= 4 is 22.3 Å². The van der Waals surface area contributed by atoms with Crippen LogP contribution in [0.1, 0.15) is 38.2 Å². The van der Waals surface area contributed by atoms with Crippen molar-refractivity contribution in [1.82, 2.24) is 30.1 Å². The predicted octanol–water partition coefficient (Wildman–Crippen LogP) is 3.80. The van der Waals surface area contributed by atoms with Crippen molar-refractivity contribution in [3.8, 4) is 0 Å². The fraction of sp³-hybridized carbons (Fsp3) is 0.360. The van der Waals surface area contributed by atoms with E-state index in [1.54, 1.807) is 18.3 Å². The lowest BCUT2D eigenvalue weighted by molar-refractivity contribution is -0.384. The molecule has 0 aliphatic carbocycles. The third kappa shape index (κ3) is 4.57. The minimum atomic E-state index is -0.370. The van der Waals surface area contributed by atoms with Gasteiger partial charge in [0.2, 0.25) is 0 Å². The van der Waals surface area contributed by atoms with E-state index >= 15 is 0 Å². The van der Waals surface area contributed by atoms with Crippen molar-refractivity contribution in [2.75, 3.05) is 31.1 Å². The zero-order valence-electron chi connectivity index (χ0n) is 20.1. The van der Waals surface area contributed by atoms with Gasteiger partial charge in [0.15, 0.2) is 5.82 Å². The van der Waals surface area contributed by atoms with Crippen LogP contribution in [0.4, 0.5) is 11.4 Å². The van der Waals surface area contributed by atoms with Crippen LogP contribution in [-0.2, 0) is 5.54 Å². The molecule has 0 radical (unpaired) electrons. The molecule has 1 aliphatic heterocycles. The van der Waals surface area contributed by atoms with Crippen LogP contribution >= 0.6 is 0 Å². The highest BCUT2D eigenvalue weighted by Gasteiger charge is 2.33. The van der Waals surface area contributed by atoms with Gasteiger partial charge in [-0.15, -0.1) is 5.10 Å². The number of hydrogen-bond donors (Lipinski definition) is 0. The third-order valence-corrected chi connectivity index (χ3v) is 6.42. The number of piperazine rings is 1. The summed E-state index contributed by atoms with van der Waals surface area (Å²) in [5.74, 6) is 0.810. The molecule has 0 spiro atoms. The second kappa shape index (κ2) is 9.03. The summed E-state index contributed by atoms with van der Waals surface area (Å²) < 4.78 is 1.91. The minimum absolute atomic E-state index is 0.104. The molecule has 1 atom stereocenters. The first-order valence-corrected chi connectivity index (χ1v) is 11.7. The second-order valence-electron chi connectivity index (χ2n) is 9.77. The van der Waals surface area contributed by atoms with Crippen molar-refractivity contribution in [3.05, 3.63) is 82.3 Å². The summed E-state index contributed by atoms with van der Waals surface area (Å²) in [4.78, 5) is 19.8. The summed E-state index contributed by atoms with van der Waals surface area (Å²) >= 11 is 0. The van der Waals surface area contributed by atoms with Crippen LogP contribution in [0.25, 0.3) is 10.9 Å². The number of benzene rings is 2. The lowest BCUT2D eigenvalue weighted by Crippen LogP contribution is -2.48. The Morgan fingerprint density at radius 3 is 2.43 bits per heavy atom. The SMILES string of the molecule is CC(C)(C)n1nnnc1C(c1ccc2ncccc2c1)N1CCN(c2ccc([N+](=O)[O-])cc2)CC1. The highest BCUT2D eigenvalue weighted by Crippen LogP contribution is 2.32. The number of hydrogen-bond acceptors (Lipinski definition) is 8. The van der Waals surface area contributed by atoms with E-state index < -0.39 is 0 Å². The number of tetrazole rings is 1. The van der Waals surface area contributed by atoms with E-state index in [9.17, 15) is 10.1 Å². The van der Waals surface area contributed by atoms with Crippen molar-refractivity contribution in [3.63, 3.8) is 0 Å². The number of fused-ring (bicyclic) bond motifs is 1. The van der Waals surface area contributed by atoms with E-state index in [0.717, 1.165) is 54.2 Å². The van der Waals surface area contributed by atoms with Crippen molar-refractivity contribution in [1.29, 1.82) is 0 Å². The number of aromatic nitrogens is 5. The normalized spacial score (nSPS) is 15.9. The molecular weight excluding hydrogens is 444 g/mol. The van der Waals surface area contributed by atoms with Gasteiger partial charge in [-0.3, -0.25) is 20.0 Å².